The molecule has 0 fully saturated rings. The summed E-state index contributed by atoms with van der Waals surface area (Å²) in [6.45, 7) is 4.81. The molecule has 3 rings (SSSR count). The Hall–Kier alpha value is -3.07. The zero-order chi connectivity index (χ0) is 31.4. The normalized spacial score (nSPS) is 12.0. The van der Waals surface area contributed by atoms with Crippen LogP contribution < -0.4 is 9.62 Å². The topological polar surface area (TPSA) is 86.8 Å². The number of carbonyl (C=O) groups excluding carboxylic acids is 2. The molecule has 1 unspecified atom stereocenters. The summed E-state index contributed by atoms with van der Waals surface area (Å²) in [5, 5.41) is 3.87. The van der Waals surface area contributed by atoms with Crippen LogP contribution in [0.3, 0.4) is 0 Å². The number of aryl methyl sites for hydroxylation is 1. The van der Waals surface area contributed by atoms with Crippen LogP contribution in [0.25, 0.3) is 0 Å². The summed E-state index contributed by atoms with van der Waals surface area (Å²) in [4.78, 5) is 29.1. The predicted molar refractivity (Wildman–Crippen MR) is 176 cm³/mol. The Morgan fingerprint density at radius 3 is 2.21 bits per heavy atom. The highest BCUT2D eigenvalue weighted by Gasteiger charge is 2.31. The van der Waals surface area contributed by atoms with Gasteiger partial charge in [-0.15, -0.1) is 0 Å². The molecular formula is C33H41Cl2N3O4S. The van der Waals surface area contributed by atoms with E-state index in [4.69, 9.17) is 23.2 Å². The summed E-state index contributed by atoms with van der Waals surface area (Å²) in [5.74, 6) is -0.517. The Morgan fingerprint density at radius 1 is 0.907 bits per heavy atom. The third-order valence-electron chi connectivity index (χ3n) is 7.24. The van der Waals surface area contributed by atoms with E-state index in [-0.39, 0.29) is 37.7 Å². The van der Waals surface area contributed by atoms with Crippen molar-refractivity contribution >= 4 is 50.7 Å². The van der Waals surface area contributed by atoms with Gasteiger partial charge in [0.25, 0.3) is 0 Å². The van der Waals surface area contributed by atoms with Crippen molar-refractivity contribution in [2.75, 3.05) is 23.7 Å². The Labute approximate surface area is 266 Å². The first-order chi connectivity index (χ1) is 20.5. The number of rotatable bonds is 16. The molecule has 0 radical (unpaired) electrons. The average molecular weight is 647 g/mol. The van der Waals surface area contributed by atoms with E-state index < -0.39 is 16.1 Å². The van der Waals surface area contributed by atoms with Crippen molar-refractivity contribution in [1.29, 1.82) is 0 Å². The van der Waals surface area contributed by atoms with Crippen molar-refractivity contribution in [2.45, 2.75) is 65.0 Å². The average Bonchev–Trinajstić information content (AvgIpc) is 2.98. The Balaban J connectivity index is 1.89. The number of benzene rings is 3. The first-order valence-corrected chi connectivity index (χ1v) is 17.3. The molecule has 2 amide bonds. The number of sulfonamides is 1. The van der Waals surface area contributed by atoms with Gasteiger partial charge in [-0.1, -0.05) is 92.0 Å². The van der Waals surface area contributed by atoms with Crippen molar-refractivity contribution < 1.29 is 18.0 Å². The molecule has 0 saturated heterocycles. The van der Waals surface area contributed by atoms with E-state index in [1.165, 1.54) is 4.31 Å². The molecule has 1 N–H and O–H groups in total. The van der Waals surface area contributed by atoms with Gasteiger partial charge in [-0.05, 0) is 60.2 Å². The molecule has 0 aliphatic rings. The second kappa shape index (κ2) is 16.7. The smallest absolute Gasteiger partial charge is 0.243 e. The number of hydrogen-bond donors (Lipinski definition) is 1. The van der Waals surface area contributed by atoms with Crippen LogP contribution in [0, 0.1) is 0 Å². The van der Waals surface area contributed by atoms with E-state index in [1.54, 1.807) is 35.2 Å². The second-order valence-corrected chi connectivity index (χ2v) is 13.3. The molecule has 0 aromatic heterocycles. The van der Waals surface area contributed by atoms with Gasteiger partial charge >= 0.3 is 0 Å². The van der Waals surface area contributed by atoms with Gasteiger partial charge in [-0.25, -0.2) is 8.42 Å². The molecule has 0 aliphatic heterocycles. The summed E-state index contributed by atoms with van der Waals surface area (Å²) >= 11 is 12.6. The number of amides is 2. The number of nitrogens with zero attached hydrogens (tertiary/aromatic N) is 2. The van der Waals surface area contributed by atoms with E-state index in [1.807, 2.05) is 56.3 Å². The van der Waals surface area contributed by atoms with Crippen LogP contribution >= 0.6 is 23.2 Å². The summed E-state index contributed by atoms with van der Waals surface area (Å²) < 4.78 is 26.7. The SMILES string of the molecule is CCCCNC(=O)C(Cc1ccccc1)N(Cc1ccc(Cl)cc1Cl)C(=O)CCCN(c1ccc(CC)cc1)S(C)(=O)=O. The maximum absolute atomic E-state index is 14.0. The van der Waals surface area contributed by atoms with Gasteiger partial charge in [0.05, 0.1) is 11.9 Å². The Morgan fingerprint density at radius 2 is 1.60 bits per heavy atom. The lowest BCUT2D eigenvalue weighted by molar-refractivity contribution is -0.141. The van der Waals surface area contributed by atoms with Gasteiger partial charge in [-0.3, -0.25) is 13.9 Å². The lowest BCUT2D eigenvalue weighted by Gasteiger charge is -2.32. The molecule has 0 bridgehead atoms. The molecule has 7 nitrogen and oxygen atoms in total. The maximum atomic E-state index is 14.0. The molecule has 0 spiro atoms. The highest BCUT2D eigenvalue weighted by Crippen LogP contribution is 2.25. The molecular weight excluding hydrogens is 605 g/mol. The van der Waals surface area contributed by atoms with Crippen LogP contribution in [0.5, 0.6) is 0 Å². The first kappa shape index (κ1) is 34.4. The zero-order valence-corrected chi connectivity index (χ0v) is 27.4. The number of carbonyl (C=O) groups is 2. The fraction of sp³-hybridized carbons (Fsp3) is 0.394. The van der Waals surface area contributed by atoms with Crippen molar-refractivity contribution in [1.82, 2.24) is 10.2 Å². The fourth-order valence-electron chi connectivity index (χ4n) is 4.80. The summed E-state index contributed by atoms with van der Waals surface area (Å²) in [6.07, 6.45) is 4.37. The van der Waals surface area contributed by atoms with E-state index in [0.717, 1.165) is 36.6 Å². The minimum Gasteiger partial charge on any atom is -0.354 e. The van der Waals surface area contributed by atoms with Gasteiger partial charge < -0.3 is 10.2 Å². The molecule has 0 aliphatic carbocycles. The van der Waals surface area contributed by atoms with Crippen LogP contribution in [0.4, 0.5) is 5.69 Å². The fourth-order valence-corrected chi connectivity index (χ4v) is 6.23. The van der Waals surface area contributed by atoms with Gasteiger partial charge in [0.2, 0.25) is 21.8 Å². The van der Waals surface area contributed by atoms with Crippen molar-refractivity contribution in [3.05, 3.63) is 99.5 Å². The first-order valence-electron chi connectivity index (χ1n) is 14.6. The van der Waals surface area contributed by atoms with Gasteiger partial charge in [0.1, 0.15) is 6.04 Å². The lowest BCUT2D eigenvalue weighted by Crippen LogP contribution is -2.50. The summed E-state index contributed by atoms with van der Waals surface area (Å²) in [5.41, 5.74) is 3.23. The maximum Gasteiger partial charge on any atom is 0.243 e. The van der Waals surface area contributed by atoms with Crippen molar-refractivity contribution in [2.24, 2.45) is 0 Å². The van der Waals surface area contributed by atoms with Gasteiger partial charge in [-0.2, -0.15) is 0 Å². The van der Waals surface area contributed by atoms with E-state index in [2.05, 4.69) is 5.32 Å². The standard InChI is InChI=1S/C33H41Cl2N3O4S/c1-4-6-20-36-33(40)31(22-26-11-8-7-9-12-26)37(24-27-16-17-28(34)23-30(27)35)32(39)13-10-21-38(43(3,41)42)29-18-14-25(5-2)15-19-29/h7-9,11-12,14-19,23,31H,4-6,10,13,20-22,24H2,1-3H3,(H,36,40). The number of hydrogen-bond acceptors (Lipinski definition) is 4. The largest absolute Gasteiger partial charge is 0.354 e. The number of nitrogens with one attached hydrogen (secondary N) is 1. The zero-order valence-electron chi connectivity index (χ0n) is 25.1. The number of anilines is 1. The van der Waals surface area contributed by atoms with E-state index in [0.29, 0.717) is 34.3 Å². The Kier molecular flexibility index (Phi) is 13.4. The van der Waals surface area contributed by atoms with Crippen molar-refractivity contribution in [3.63, 3.8) is 0 Å². The quantitative estimate of drug-likeness (QED) is 0.177. The van der Waals surface area contributed by atoms with Crippen LogP contribution in [-0.4, -0.2) is 50.5 Å². The lowest BCUT2D eigenvalue weighted by atomic mass is 10.0. The molecule has 43 heavy (non-hydrogen) atoms. The van der Waals surface area contributed by atoms with Crippen LogP contribution in [0.1, 0.15) is 56.2 Å². The van der Waals surface area contributed by atoms with Crippen LogP contribution in [-0.2, 0) is 39.0 Å². The molecule has 232 valence electrons. The third kappa shape index (κ3) is 10.6. The monoisotopic (exact) mass is 645 g/mol. The number of unbranched alkanes of at least 4 members (excludes halogenated alkanes) is 1. The molecule has 0 heterocycles. The summed E-state index contributed by atoms with van der Waals surface area (Å²) in [6, 6.07) is 21.2. The van der Waals surface area contributed by atoms with Gasteiger partial charge in [0, 0.05) is 42.5 Å². The molecule has 10 heteroatoms. The summed E-state index contributed by atoms with van der Waals surface area (Å²) in [7, 11) is -3.58. The molecule has 0 saturated carbocycles. The second-order valence-electron chi connectivity index (χ2n) is 10.6. The van der Waals surface area contributed by atoms with E-state index >= 15 is 0 Å². The highest BCUT2D eigenvalue weighted by molar-refractivity contribution is 7.92. The molecule has 3 aromatic rings. The number of halogens is 2. The Bertz CT molecular complexity index is 1450. The van der Waals surface area contributed by atoms with E-state index in [9.17, 15) is 18.0 Å². The molecule has 1 atom stereocenters. The van der Waals surface area contributed by atoms with Crippen LogP contribution in [0.15, 0.2) is 72.8 Å². The predicted octanol–water partition coefficient (Wildman–Crippen LogP) is 6.66. The third-order valence-corrected chi connectivity index (χ3v) is 9.02. The van der Waals surface area contributed by atoms with Crippen molar-refractivity contribution in [3.8, 4) is 0 Å². The minimum absolute atomic E-state index is 0.0395. The highest BCUT2D eigenvalue weighted by atomic mass is 35.5. The minimum atomic E-state index is -3.58. The van der Waals surface area contributed by atoms with Crippen LogP contribution in [0.2, 0.25) is 10.0 Å². The molecule has 3 aromatic carbocycles. The van der Waals surface area contributed by atoms with Gasteiger partial charge in [0.15, 0.2) is 0 Å².